The van der Waals surface area contributed by atoms with E-state index in [1.54, 1.807) is 19.2 Å². The molecule has 0 saturated heterocycles. The fourth-order valence-corrected chi connectivity index (χ4v) is 1.85. The Hall–Kier alpha value is -0.720. The Kier molecular flexibility index (Phi) is 5.49. The molecule has 0 spiro atoms. The van der Waals surface area contributed by atoms with Gasteiger partial charge in [-0.2, -0.15) is 13.2 Å². The van der Waals surface area contributed by atoms with Gasteiger partial charge in [0, 0.05) is 11.4 Å². The summed E-state index contributed by atoms with van der Waals surface area (Å²) in [4.78, 5) is 0.573. The van der Waals surface area contributed by atoms with Gasteiger partial charge in [-0.3, -0.25) is 0 Å². The van der Waals surface area contributed by atoms with Gasteiger partial charge in [-0.05, 0) is 36.9 Å². The first-order valence-electron chi connectivity index (χ1n) is 5.43. The second-order valence-electron chi connectivity index (χ2n) is 3.92. The molecule has 1 rings (SSSR count). The average molecular weight is 279 g/mol. The minimum atomic E-state index is -4.33. The largest absolute Gasteiger partial charge is 0.416 e. The fraction of sp³-hybridized carbons (Fsp3) is 0.500. The Balaban J connectivity index is 2.91. The lowest BCUT2D eigenvalue weighted by Crippen LogP contribution is -2.19. The highest BCUT2D eigenvalue weighted by Gasteiger charge is 2.31. The van der Waals surface area contributed by atoms with E-state index in [-0.39, 0.29) is 12.7 Å². The van der Waals surface area contributed by atoms with E-state index in [0.717, 1.165) is 12.1 Å². The molecule has 0 fully saturated rings. The van der Waals surface area contributed by atoms with Crippen LogP contribution in [-0.2, 0) is 17.5 Å². The highest BCUT2D eigenvalue weighted by Crippen LogP contribution is 2.32. The number of halogens is 3. The van der Waals surface area contributed by atoms with Crippen LogP contribution < -0.4 is 5.73 Å². The van der Waals surface area contributed by atoms with Crippen LogP contribution in [0.1, 0.15) is 18.1 Å². The molecule has 0 aliphatic carbocycles. The maximum atomic E-state index is 12.7. The summed E-state index contributed by atoms with van der Waals surface area (Å²) < 4.78 is 43.4. The molecule has 102 valence electrons. The summed E-state index contributed by atoms with van der Waals surface area (Å²) in [6, 6.07) is 3.95. The van der Waals surface area contributed by atoms with Crippen molar-refractivity contribution in [2.24, 2.45) is 5.73 Å². The lowest BCUT2D eigenvalue weighted by Gasteiger charge is -2.14. The molecule has 6 heteroatoms. The summed E-state index contributed by atoms with van der Waals surface area (Å²) in [6.07, 6.45) is -2.76. The zero-order valence-electron chi connectivity index (χ0n) is 10.3. The number of ether oxygens (including phenoxy) is 1. The van der Waals surface area contributed by atoms with Gasteiger partial charge in [0.05, 0.1) is 18.3 Å². The Bertz CT molecular complexity index is 395. The van der Waals surface area contributed by atoms with Gasteiger partial charge in [-0.15, -0.1) is 11.8 Å². The standard InChI is InChI=1S/C12H16F3NOS/c1-8(6-16)17-7-9-3-10(12(13,14)15)5-11(4-9)18-2/h3-5,8H,6-7,16H2,1-2H3. The van der Waals surface area contributed by atoms with Crippen LogP contribution >= 0.6 is 11.8 Å². The third-order valence-electron chi connectivity index (χ3n) is 2.40. The van der Waals surface area contributed by atoms with E-state index in [1.165, 1.54) is 11.8 Å². The lowest BCUT2D eigenvalue weighted by atomic mass is 10.1. The second kappa shape index (κ2) is 6.45. The normalized spacial score (nSPS) is 13.7. The van der Waals surface area contributed by atoms with Gasteiger partial charge in [0.15, 0.2) is 0 Å². The number of rotatable bonds is 5. The van der Waals surface area contributed by atoms with Gasteiger partial charge >= 0.3 is 6.18 Å². The molecule has 0 aliphatic heterocycles. The first kappa shape index (κ1) is 15.3. The average Bonchev–Trinajstić information content (AvgIpc) is 2.34. The zero-order chi connectivity index (χ0) is 13.8. The number of nitrogens with two attached hydrogens (primary N) is 1. The van der Waals surface area contributed by atoms with E-state index in [9.17, 15) is 13.2 Å². The van der Waals surface area contributed by atoms with E-state index >= 15 is 0 Å². The van der Waals surface area contributed by atoms with Crippen LogP contribution in [0.2, 0.25) is 0 Å². The van der Waals surface area contributed by atoms with E-state index in [0.29, 0.717) is 17.0 Å². The summed E-state index contributed by atoms with van der Waals surface area (Å²) >= 11 is 1.27. The van der Waals surface area contributed by atoms with E-state index in [1.807, 2.05) is 0 Å². The monoisotopic (exact) mass is 279 g/mol. The molecule has 1 atom stereocenters. The van der Waals surface area contributed by atoms with E-state index in [2.05, 4.69) is 0 Å². The van der Waals surface area contributed by atoms with Gasteiger partial charge in [0.2, 0.25) is 0 Å². The van der Waals surface area contributed by atoms with Gasteiger partial charge in [0.1, 0.15) is 0 Å². The van der Waals surface area contributed by atoms with Gasteiger partial charge < -0.3 is 10.5 Å². The van der Waals surface area contributed by atoms with Crippen LogP contribution in [0, 0.1) is 0 Å². The smallest absolute Gasteiger partial charge is 0.373 e. The number of hydrogen-bond donors (Lipinski definition) is 1. The second-order valence-corrected chi connectivity index (χ2v) is 4.80. The van der Waals surface area contributed by atoms with E-state index in [4.69, 9.17) is 10.5 Å². The minimum absolute atomic E-state index is 0.135. The van der Waals surface area contributed by atoms with Crippen molar-refractivity contribution < 1.29 is 17.9 Å². The predicted molar refractivity (Wildman–Crippen MR) is 66.5 cm³/mol. The summed E-state index contributed by atoms with van der Waals surface area (Å²) in [5.74, 6) is 0. The molecule has 1 unspecified atom stereocenters. The molecule has 1 aromatic rings. The number of benzene rings is 1. The Morgan fingerprint density at radius 2 is 2.00 bits per heavy atom. The van der Waals surface area contributed by atoms with Gasteiger partial charge in [-0.1, -0.05) is 0 Å². The lowest BCUT2D eigenvalue weighted by molar-refractivity contribution is -0.137. The summed E-state index contributed by atoms with van der Waals surface area (Å²) in [7, 11) is 0. The molecule has 0 aromatic heterocycles. The van der Waals surface area contributed by atoms with Crippen molar-refractivity contribution in [2.75, 3.05) is 12.8 Å². The molecular formula is C12H16F3NOS. The van der Waals surface area contributed by atoms with Crippen molar-refractivity contribution in [2.45, 2.75) is 30.7 Å². The number of hydrogen-bond acceptors (Lipinski definition) is 3. The molecule has 1 aromatic carbocycles. The minimum Gasteiger partial charge on any atom is -0.373 e. The Morgan fingerprint density at radius 1 is 1.33 bits per heavy atom. The topological polar surface area (TPSA) is 35.2 Å². The Labute approximate surface area is 109 Å². The molecule has 2 nitrogen and oxygen atoms in total. The molecule has 2 N–H and O–H groups in total. The summed E-state index contributed by atoms with van der Waals surface area (Å²) in [6.45, 7) is 2.26. The Morgan fingerprint density at radius 3 is 2.50 bits per heavy atom. The maximum Gasteiger partial charge on any atom is 0.416 e. The first-order chi connectivity index (χ1) is 8.36. The molecule has 0 bridgehead atoms. The van der Waals surface area contributed by atoms with Crippen LogP contribution in [-0.4, -0.2) is 18.9 Å². The SMILES string of the molecule is CSc1cc(COC(C)CN)cc(C(F)(F)F)c1. The van der Waals surface area contributed by atoms with Crippen LogP contribution in [0.4, 0.5) is 13.2 Å². The molecule has 0 heterocycles. The molecule has 0 amide bonds. The number of thioether (sulfide) groups is 1. The van der Waals surface area contributed by atoms with Crippen molar-refractivity contribution in [3.63, 3.8) is 0 Å². The van der Waals surface area contributed by atoms with Crippen LogP contribution in [0.3, 0.4) is 0 Å². The third kappa shape index (κ3) is 4.51. The van der Waals surface area contributed by atoms with Crippen molar-refractivity contribution in [3.8, 4) is 0 Å². The summed E-state index contributed by atoms with van der Waals surface area (Å²) in [5.41, 5.74) is 5.25. The highest BCUT2D eigenvalue weighted by atomic mass is 32.2. The van der Waals surface area contributed by atoms with Gasteiger partial charge in [0.25, 0.3) is 0 Å². The van der Waals surface area contributed by atoms with Crippen LogP contribution in [0.25, 0.3) is 0 Å². The molecule has 18 heavy (non-hydrogen) atoms. The van der Waals surface area contributed by atoms with Gasteiger partial charge in [-0.25, -0.2) is 0 Å². The van der Waals surface area contributed by atoms with Crippen LogP contribution in [0.5, 0.6) is 0 Å². The van der Waals surface area contributed by atoms with E-state index < -0.39 is 11.7 Å². The quantitative estimate of drug-likeness (QED) is 0.840. The highest BCUT2D eigenvalue weighted by molar-refractivity contribution is 7.98. The van der Waals surface area contributed by atoms with Crippen molar-refractivity contribution in [3.05, 3.63) is 29.3 Å². The maximum absolute atomic E-state index is 12.7. The van der Waals surface area contributed by atoms with Crippen molar-refractivity contribution in [1.82, 2.24) is 0 Å². The third-order valence-corrected chi connectivity index (χ3v) is 3.10. The zero-order valence-corrected chi connectivity index (χ0v) is 11.1. The van der Waals surface area contributed by atoms with Crippen LogP contribution in [0.15, 0.2) is 23.1 Å². The molecule has 0 aliphatic rings. The molecular weight excluding hydrogens is 263 g/mol. The molecule has 0 radical (unpaired) electrons. The fourth-order valence-electron chi connectivity index (χ4n) is 1.33. The van der Waals surface area contributed by atoms with Crippen molar-refractivity contribution >= 4 is 11.8 Å². The summed E-state index contributed by atoms with van der Waals surface area (Å²) in [5, 5.41) is 0. The predicted octanol–water partition coefficient (Wildman–Crippen LogP) is 3.29. The number of alkyl halides is 3. The molecule has 0 saturated carbocycles. The first-order valence-corrected chi connectivity index (χ1v) is 6.66. The van der Waals surface area contributed by atoms with Crippen molar-refractivity contribution in [1.29, 1.82) is 0 Å².